The van der Waals surface area contributed by atoms with Crippen LogP contribution in [0.15, 0.2) is 28.4 Å². The van der Waals surface area contributed by atoms with Crippen LogP contribution >= 0.6 is 0 Å². The van der Waals surface area contributed by atoms with Crippen molar-refractivity contribution in [3.63, 3.8) is 0 Å². The van der Waals surface area contributed by atoms with Crippen molar-refractivity contribution in [2.75, 3.05) is 0 Å². The van der Waals surface area contributed by atoms with Gasteiger partial charge in [0.1, 0.15) is 5.84 Å². The summed E-state index contributed by atoms with van der Waals surface area (Å²) in [7, 11) is 0. The minimum absolute atomic E-state index is 0.0613. The van der Waals surface area contributed by atoms with Gasteiger partial charge in [0.05, 0.1) is 5.71 Å². The molecular weight excluding hydrogens is 212 g/mol. The van der Waals surface area contributed by atoms with Gasteiger partial charge in [-0.25, -0.2) is 8.78 Å². The first-order valence-electron chi connectivity index (χ1n) is 4.94. The van der Waals surface area contributed by atoms with Gasteiger partial charge >= 0.3 is 0 Å². The molecular formula is C11H11F2N3. The molecule has 0 saturated carbocycles. The van der Waals surface area contributed by atoms with Crippen LogP contribution in [0.4, 0.5) is 8.78 Å². The van der Waals surface area contributed by atoms with Gasteiger partial charge in [-0.2, -0.15) is 5.10 Å². The molecule has 0 saturated heterocycles. The van der Waals surface area contributed by atoms with E-state index in [4.69, 9.17) is 5.73 Å². The maximum absolute atomic E-state index is 13.5. The Labute approximate surface area is 91.7 Å². The predicted molar refractivity (Wildman–Crippen MR) is 58.3 cm³/mol. The predicted octanol–water partition coefficient (Wildman–Crippen LogP) is 2.07. The minimum Gasteiger partial charge on any atom is -0.386 e. The Morgan fingerprint density at radius 1 is 1.31 bits per heavy atom. The second kappa shape index (κ2) is 4.00. The minimum atomic E-state index is -0.885. The van der Waals surface area contributed by atoms with Crippen molar-refractivity contribution in [1.29, 1.82) is 0 Å². The third-order valence-corrected chi connectivity index (χ3v) is 2.50. The summed E-state index contributed by atoms with van der Waals surface area (Å²) in [4.78, 5) is 0. The number of benzene rings is 1. The Morgan fingerprint density at radius 2 is 2.06 bits per heavy atom. The van der Waals surface area contributed by atoms with E-state index in [1.54, 1.807) is 0 Å². The van der Waals surface area contributed by atoms with Crippen molar-refractivity contribution in [1.82, 2.24) is 0 Å². The molecule has 3 nitrogen and oxygen atoms in total. The Bertz CT molecular complexity index is 480. The molecule has 16 heavy (non-hydrogen) atoms. The van der Waals surface area contributed by atoms with Gasteiger partial charge in [-0.15, -0.1) is 5.10 Å². The van der Waals surface area contributed by atoms with Crippen LogP contribution < -0.4 is 5.73 Å². The van der Waals surface area contributed by atoms with E-state index in [1.807, 2.05) is 6.92 Å². The Hall–Kier alpha value is -1.78. The second-order valence-electron chi connectivity index (χ2n) is 3.78. The smallest absolute Gasteiger partial charge is 0.167 e. The molecule has 1 atom stereocenters. The van der Waals surface area contributed by atoms with Gasteiger partial charge in [0.2, 0.25) is 0 Å². The van der Waals surface area contributed by atoms with Gasteiger partial charge in [-0.3, -0.25) is 0 Å². The monoisotopic (exact) mass is 223 g/mol. The molecule has 1 aliphatic heterocycles. The first-order valence-corrected chi connectivity index (χ1v) is 4.94. The van der Waals surface area contributed by atoms with Gasteiger partial charge in [0.25, 0.3) is 0 Å². The van der Waals surface area contributed by atoms with E-state index in [2.05, 4.69) is 10.2 Å². The van der Waals surface area contributed by atoms with Crippen molar-refractivity contribution in [3.05, 3.63) is 35.4 Å². The van der Waals surface area contributed by atoms with Crippen LogP contribution in [0.1, 0.15) is 18.9 Å². The highest BCUT2D eigenvalue weighted by Gasteiger charge is 2.22. The second-order valence-corrected chi connectivity index (χ2v) is 3.78. The molecule has 0 amide bonds. The zero-order valence-corrected chi connectivity index (χ0v) is 8.74. The van der Waals surface area contributed by atoms with Gasteiger partial charge in [-0.05, 0) is 12.1 Å². The number of amidine groups is 1. The van der Waals surface area contributed by atoms with Crippen molar-refractivity contribution >= 4 is 11.5 Å². The molecule has 2 N–H and O–H groups in total. The van der Waals surface area contributed by atoms with Crippen molar-refractivity contribution in [2.24, 2.45) is 21.9 Å². The number of nitrogens with zero attached hydrogens (tertiary/aromatic N) is 2. The first-order chi connectivity index (χ1) is 7.59. The standard InChI is InChI=1S/C11H11F2N3/c1-6-5-9(14)15-16-11(6)7-3-2-4-8(12)10(7)13/h2-4,6H,5H2,1H3,(H2,14,15). The summed E-state index contributed by atoms with van der Waals surface area (Å²) in [6.07, 6.45) is 0.509. The number of halogens is 2. The summed E-state index contributed by atoms with van der Waals surface area (Å²) in [6, 6.07) is 4.01. The van der Waals surface area contributed by atoms with Gasteiger partial charge < -0.3 is 5.73 Å². The first kappa shape index (κ1) is 10.7. The average molecular weight is 223 g/mol. The van der Waals surface area contributed by atoms with Crippen LogP contribution in [0, 0.1) is 17.6 Å². The van der Waals surface area contributed by atoms with Crippen LogP contribution in [-0.4, -0.2) is 11.5 Å². The fourth-order valence-corrected chi connectivity index (χ4v) is 1.69. The largest absolute Gasteiger partial charge is 0.386 e. The molecule has 0 aliphatic carbocycles. The molecule has 1 aromatic rings. The van der Waals surface area contributed by atoms with Gasteiger partial charge in [-0.1, -0.05) is 13.0 Å². The molecule has 84 valence electrons. The molecule has 5 heteroatoms. The molecule has 0 radical (unpaired) electrons. The lowest BCUT2D eigenvalue weighted by atomic mass is 9.94. The van der Waals surface area contributed by atoms with Crippen molar-refractivity contribution in [3.8, 4) is 0 Å². The third kappa shape index (κ3) is 1.80. The molecule has 0 bridgehead atoms. The molecule has 0 spiro atoms. The summed E-state index contributed by atoms with van der Waals surface area (Å²) in [6.45, 7) is 1.85. The molecule has 0 aromatic heterocycles. The summed E-state index contributed by atoms with van der Waals surface area (Å²) in [5.41, 5.74) is 6.10. The maximum Gasteiger partial charge on any atom is 0.167 e. The summed E-state index contributed by atoms with van der Waals surface area (Å²) < 4.78 is 26.6. The Balaban J connectivity index is 2.49. The van der Waals surface area contributed by atoms with E-state index in [9.17, 15) is 8.78 Å². The molecule has 1 unspecified atom stereocenters. The zero-order chi connectivity index (χ0) is 11.7. The Kier molecular flexibility index (Phi) is 2.68. The van der Waals surface area contributed by atoms with E-state index >= 15 is 0 Å². The SMILES string of the molecule is CC1CC(N)=NN=C1c1cccc(F)c1F. The average Bonchev–Trinajstić information content (AvgIpc) is 2.23. The van der Waals surface area contributed by atoms with Gasteiger partial charge in [0, 0.05) is 17.9 Å². The topological polar surface area (TPSA) is 50.7 Å². The fourth-order valence-electron chi connectivity index (χ4n) is 1.69. The quantitative estimate of drug-likeness (QED) is 0.778. The summed E-state index contributed by atoms with van der Waals surface area (Å²) in [5.74, 6) is -1.42. The normalized spacial score (nSPS) is 20.3. The highest BCUT2D eigenvalue weighted by Crippen LogP contribution is 2.21. The summed E-state index contributed by atoms with van der Waals surface area (Å²) >= 11 is 0. The Morgan fingerprint density at radius 3 is 2.75 bits per heavy atom. The molecule has 1 heterocycles. The van der Waals surface area contributed by atoms with E-state index < -0.39 is 11.6 Å². The summed E-state index contributed by atoms with van der Waals surface area (Å²) in [5, 5.41) is 7.54. The lowest BCUT2D eigenvalue weighted by Crippen LogP contribution is -2.26. The van der Waals surface area contributed by atoms with Crippen LogP contribution in [0.3, 0.4) is 0 Å². The van der Waals surface area contributed by atoms with Crippen LogP contribution in [-0.2, 0) is 0 Å². The highest BCUT2D eigenvalue weighted by atomic mass is 19.2. The number of nitrogens with two attached hydrogens (primary N) is 1. The molecule has 1 aliphatic rings. The lowest BCUT2D eigenvalue weighted by Gasteiger charge is -2.17. The molecule has 0 fully saturated rings. The fraction of sp³-hybridized carbons (Fsp3) is 0.273. The van der Waals surface area contributed by atoms with Crippen molar-refractivity contribution < 1.29 is 8.78 Å². The van der Waals surface area contributed by atoms with Crippen molar-refractivity contribution in [2.45, 2.75) is 13.3 Å². The molecule has 1 aromatic carbocycles. The van der Waals surface area contributed by atoms with Crippen LogP contribution in [0.25, 0.3) is 0 Å². The number of rotatable bonds is 1. The molecule has 2 rings (SSSR count). The third-order valence-electron chi connectivity index (χ3n) is 2.50. The maximum atomic E-state index is 13.5. The zero-order valence-electron chi connectivity index (χ0n) is 8.74. The number of hydrogen-bond donors (Lipinski definition) is 1. The lowest BCUT2D eigenvalue weighted by molar-refractivity contribution is 0.506. The van der Waals surface area contributed by atoms with Gasteiger partial charge in [0.15, 0.2) is 11.6 Å². The van der Waals surface area contributed by atoms with Crippen LogP contribution in [0.5, 0.6) is 0 Å². The van der Waals surface area contributed by atoms with E-state index in [-0.39, 0.29) is 11.5 Å². The van der Waals surface area contributed by atoms with E-state index in [1.165, 1.54) is 12.1 Å². The highest BCUT2D eigenvalue weighted by molar-refractivity contribution is 6.05. The number of hydrogen-bond acceptors (Lipinski definition) is 3. The van der Waals surface area contributed by atoms with E-state index in [0.717, 1.165) is 6.07 Å². The van der Waals surface area contributed by atoms with E-state index in [0.29, 0.717) is 18.0 Å². The van der Waals surface area contributed by atoms with Crippen LogP contribution in [0.2, 0.25) is 0 Å².